The Morgan fingerprint density at radius 1 is 1.00 bits per heavy atom. The van der Waals surface area contributed by atoms with Crippen molar-refractivity contribution in [1.82, 2.24) is 30.0 Å². The average Bonchev–Trinajstić information content (AvgIpc) is 3.40. The molecule has 8 heteroatoms. The Kier molecular flexibility index (Phi) is 5.36. The zero-order valence-corrected chi connectivity index (χ0v) is 16.3. The van der Waals surface area contributed by atoms with Gasteiger partial charge in [0.2, 0.25) is 5.91 Å². The number of carbonyl (C=O) groups is 2. The molecule has 2 aromatic rings. The van der Waals surface area contributed by atoms with Crippen LogP contribution >= 0.6 is 0 Å². The van der Waals surface area contributed by atoms with Gasteiger partial charge in [-0.05, 0) is 60.7 Å². The molecule has 0 N–H and O–H groups in total. The van der Waals surface area contributed by atoms with E-state index in [2.05, 4.69) is 15.5 Å². The molecule has 2 amide bonds. The van der Waals surface area contributed by atoms with Crippen LogP contribution in [-0.4, -0.2) is 68.0 Å². The first-order valence-electron chi connectivity index (χ1n) is 10.0. The van der Waals surface area contributed by atoms with Gasteiger partial charge >= 0.3 is 0 Å². The Morgan fingerprint density at radius 3 is 2.29 bits per heavy atom. The number of carbonyl (C=O) groups excluding carboxylic acids is 2. The minimum absolute atomic E-state index is 0.0391. The Bertz CT molecular complexity index is 833. The van der Waals surface area contributed by atoms with Gasteiger partial charge in [0, 0.05) is 37.7 Å². The van der Waals surface area contributed by atoms with E-state index in [-0.39, 0.29) is 17.7 Å². The average molecular weight is 382 g/mol. The molecule has 28 heavy (non-hydrogen) atoms. The summed E-state index contributed by atoms with van der Waals surface area (Å²) in [4.78, 5) is 29.2. The van der Waals surface area contributed by atoms with Gasteiger partial charge in [0.25, 0.3) is 5.91 Å². The zero-order valence-electron chi connectivity index (χ0n) is 16.3. The normalized spacial score (nSPS) is 17.9. The van der Waals surface area contributed by atoms with Crippen molar-refractivity contribution in [3.8, 4) is 0 Å². The minimum Gasteiger partial charge on any atom is -0.342 e. The summed E-state index contributed by atoms with van der Waals surface area (Å²) in [6, 6.07) is 7.60. The molecule has 4 rings (SSSR count). The van der Waals surface area contributed by atoms with Crippen LogP contribution in [0.4, 0.5) is 0 Å². The molecule has 2 fully saturated rings. The molecule has 0 bridgehead atoms. The monoisotopic (exact) mass is 382 g/mol. The standard InChI is InChI=1S/C20H26N6O2/c1-15-21-22-23-26(15)14-16-4-6-17(7-5-16)19(27)25-12-8-18(9-13-25)20(28)24-10-2-3-11-24/h4-7,18H,2-3,8-14H2,1H3. The number of hydrogen-bond acceptors (Lipinski definition) is 5. The highest BCUT2D eigenvalue weighted by atomic mass is 16.2. The SMILES string of the molecule is Cc1nnnn1Cc1ccc(C(=O)N2CCC(C(=O)N3CCCC3)CC2)cc1. The van der Waals surface area contributed by atoms with E-state index in [1.807, 2.05) is 41.0 Å². The van der Waals surface area contributed by atoms with Crippen molar-refractivity contribution >= 4 is 11.8 Å². The molecular formula is C20H26N6O2. The van der Waals surface area contributed by atoms with Gasteiger partial charge in [-0.25, -0.2) is 4.68 Å². The first-order chi connectivity index (χ1) is 13.6. The predicted octanol–water partition coefficient (Wildman–Crippen LogP) is 1.50. The van der Waals surface area contributed by atoms with Gasteiger partial charge in [0.15, 0.2) is 0 Å². The van der Waals surface area contributed by atoms with Crippen LogP contribution in [0.2, 0.25) is 0 Å². The van der Waals surface area contributed by atoms with Crippen molar-refractivity contribution in [3.63, 3.8) is 0 Å². The van der Waals surface area contributed by atoms with Crippen molar-refractivity contribution in [1.29, 1.82) is 0 Å². The highest BCUT2D eigenvalue weighted by Gasteiger charge is 2.31. The first kappa shape index (κ1) is 18.6. The lowest BCUT2D eigenvalue weighted by molar-refractivity contribution is -0.135. The number of aromatic nitrogens is 4. The van der Waals surface area contributed by atoms with E-state index in [1.54, 1.807) is 4.68 Å². The molecule has 0 spiro atoms. The number of hydrogen-bond donors (Lipinski definition) is 0. The molecular weight excluding hydrogens is 356 g/mol. The number of piperidine rings is 1. The van der Waals surface area contributed by atoms with Crippen LogP contribution in [0.1, 0.15) is 47.4 Å². The second-order valence-corrected chi connectivity index (χ2v) is 7.68. The lowest BCUT2D eigenvalue weighted by Gasteiger charge is -2.33. The summed E-state index contributed by atoms with van der Waals surface area (Å²) in [5, 5.41) is 11.5. The van der Waals surface area contributed by atoms with E-state index in [1.165, 1.54) is 0 Å². The van der Waals surface area contributed by atoms with Gasteiger partial charge in [0.05, 0.1) is 6.54 Å². The molecule has 3 heterocycles. The maximum atomic E-state index is 12.8. The second kappa shape index (κ2) is 8.08. The fraction of sp³-hybridized carbons (Fsp3) is 0.550. The zero-order chi connectivity index (χ0) is 19.5. The van der Waals surface area contributed by atoms with Crippen molar-refractivity contribution in [2.24, 2.45) is 5.92 Å². The maximum Gasteiger partial charge on any atom is 0.253 e. The van der Waals surface area contributed by atoms with E-state index in [0.717, 1.165) is 50.2 Å². The largest absolute Gasteiger partial charge is 0.342 e. The van der Waals surface area contributed by atoms with E-state index in [4.69, 9.17) is 0 Å². The van der Waals surface area contributed by atoms with E-state index < -0.39 is 0 Å². The number of amides is 2. The highest BCUT2D eigenvalue weighted by molar-refractivity contribution is 5.94. The lowest BCUT2D eigenvalue weighted by atomic mass is 9.95. The van der Waals surface area contributed by atoms with Gasteiger partial charge in [0.1, 0.15) is 5.82 Å². The fourth-order valence-corrected chi connectivity index (χ4v) is 4.03. The van der Waals surface area contributed by atoms with Crippen LogP contribution in [0.15, 0.2) is 24.3 Å². The number of tetrazole rings is 1. The molecule has 0 unspecified atom stereocenters. The van der Waals surface area contributed by atoms with Gasteiger partial charge in [-0.1, -0.05) is 12.1 Å². The second-order valence-electron chi connectivity index (χ2n) is 7.68. The van der Waals surface area contributed by atoms with Crippen molar-refractivity contribution < 1.29 is 9.59 Å². The number of likely N-dealkylation sites (tertiary alicyclic amines) is 2. The summed E-state index contributed by atoms with van der Waals surface area (Å²) in [5.74, 6) is 1.15. The third kappa shape index (κ3) is 3.90. The summed E-state index contributed by atoms with van der Waals surface area (Å²) in [5.41, 5.74) is 1.73. The lowest BCUT2D eigenvalue weighted by Crippen LogP contribution is -2.43. The number of rotatable bonds is 4. The molecule has 0 radical (unpaired) electrons. The van der Waals surface area contributed by atoms with E-state index in [9.17, 15) is 9.59 Å². The molecule has 148 valence electrons. The van der Waals surface area contributed by atoms with Crippen LogP contribution in [-0.2, 0) is 11.3 Å². The topological polar surface area (TPSA) is 84.2 Å². The van der Waals surface area contributed by atoms with Crippen LogP contribution in [0.25, 0.3) is 0 Å². The molecule has 2 saturated heterocycles. The van der Waals surface area contributed by atoms with Gasteiger partial charge in [-0.3, -0.25) is 9.59 Å². The number of benzene rings is 1. The van der Waals surface area contributed by atoms with Crippen LogP contribution < -0.4 is 0 Å². The van der Waals surface area contributed by atoms with Crippen LogP contribution in [0.3, 0.4) is 0 Å². The molecule has 2 aliphatic rings. The number of nitrogens with zero attached hydrogens (tertiary/aromatic N) is 6. The van der Waals surface area contributed by atoms with Crippen molar-refractivity contribution in [2.75, 3.05) is 26.2 Å². The fourth-order valence-electron chi connectivity index (χ4n) is 4.03. The van der Waals surface area contributed by atoms with E-state index >= 15 is 0 Å². The molecule has 1 aromatic carbocycles. The van der Waals surface area contributed by atoms with Crippen molar-refractivity contribution in [2.45, 2.75) is 39.2 Å². The molecule has 1 aromatic heterocycles. The van der Waals surface area contributed by atoms with Crippen LogP contribution in [0.5, 0.6) is 0 Å². The first-order valence-corrected chi connectivity index (χ1v) is 10.0. The maximum absolute atomic E-state index is 12.8. The van der Waals surface area contributed by atoms with Crippen LogP contribution in [0, 0.1) is 12.8 Å². The summed E-state index contributed by atoms with van der Waals surface area (Å²) < 4.78 is 1.72. The quantitative estimate of drug-likeness (QED) is 0.800. The Balaban J connectivity index is 1.32. The van der Waals surface area contributed by atoms with Gasteiger partial charge in [-0.2, -0.15) is 0 Å². The third-order valence-electron chi connectivity index (χ3n) is 5.79. The predicted molar refractivity (Wildman–Crippen MR) is 103 cm³/mol. The smallest absolute Gasteiger partial charge is 0.253 e. The summed E-state index contributed by atoms with van der Waals surface area (Å²) in [7, 11) is 0. The number of aryl methyl sites for hydroxylation is 1. The highest BCUT2D eigenvalue weighted by Crippen LogP contribution is 2.23. The van der Waals surface area contributed by atoms with Gasteiger partial charge in [-0.15, -0.1) is 5.10 Å². The summed E-state index contributed by atoms with van der Waals surface area (Å²) in [6.07, 6.45) is 3.76. The minimum atomic E-state index is 0.0391. The molecule has 2 aliphatic heterocycles. The van der Waals surface area contributed by atoms with E-state index in [0.29, 0.717) is 25.2 Å². The molecule has 0 saturated carbocycles. The van der Waals surface area contributed by atoms with Gasteiger partial charge < -0.3 is 9.80 Å². The Hall–Kier alpha value is -2.77. The Morgan fingerprint density at radius 2 is 1.68 bits per heavy atom. The third-order valence-corrected chi connectivity index (χ3v) is 5.79. The summed E-state index contributed by atoms with van der Waals surface area (Å²) in [6.45, 7) is 5.53. The molecule has 8 nitrogen and oxygen atoms in total. The summed E-state index contributed by atoms with van der Waals surface area (Å²) >= 11 is 0. The Labute approximate surface area is 164 Å². The molecule has 0 atom stereocenters. The molecule has 0 aliphatic carbocycles. The van der Waals surface area contributed by atoms with Crippen molar-refractivity contribution in [3.05, 3.63) is 41.2 Å².